The van der Waals surface area contributed by atoms with Gasteiger partial charge >= 0.3 is 0 Å². The Kier molecular flexibility index (Phi) is 7.99. The molecule has 0 aromatic rings. The molecule has 0 amide bonds. The van der Waals surface area contributed by atoms with E-state index in [1.165, 1.54) is 6.42 Å². The van der Waals surface area contributed by atoms with Crippen molar-refractivity contribution in [3.05, 3.63) is 0 Å². The van der Waals surface area contributed by atoms with E-state index in [4.69, 9.17) is 0 Å². The number of likely N-dealkylation sites (N-methyl/N-ethyl adjacent to an activating group) is 1. The second kappa shape index (κ2) is 8.12. The maximum absolute atomic E-state index is 11.9. The fourth-order valence-corrected chi connectivity index (χ4v) is 1.23. The Bertz CT molecular complexity index is 123. The lowest BCUT2D eigenvalue weighted by Crippen LogP contribution is -2.45. The summed E-state index contributed by atoms with van der Waals surface area (Å²) in [5.74, 6) is 0. The van der Waals surface area contributed by atoms with Gasteiger partial charge in [0.25, 0.3) is 6.43 Å². The fraction of sp³-hybridized carbons (Fsp3) is 1.00. The number of piperazine rings is 1. The molecule has 1 aliphatic heterocycles. The predicted molar refractivity (Wildman–Crippen MR) is 55.9 cm³/mol. The van der Waals surface area contributed by atoms with E-state index in [-0.39, 0.29) is 6.54 Å². The van der Waals surface area contributed by atoms with E-state index in [0.29, 0.717) is 0 Å². The van der Waals surface area contributed by atoms with Crippen LogP contribution in [0.25, 0.3) is 0 Å². The number of nitrogens with zero attached hydrogens (tertiary/aromatic N) is 2. The summed E-state index contributed by atoms with van der Waals surface area (Å²) in [4.78, 5) is 3.96. The van der Waals surface area contributed by atoms with Crippen LogP contribution in [0, 0.1) is 0 Å². The molecule has 0 atom stereocenters. The van der Waals surface area contributed by atoms with Crippen molar-refractivity contribution < 1.29 is 8.78 Å². The number of halogens is 2. The Morgan fingerprint density at radius 2 is 1.50 bits per heavy atom. The summed E-state index contributed by atoms with van der Waals surface area (Å²) in [6.07, 6.45) is -0.932. The summed E-state index contributed by atoms with van der Waals surface area (Å²) in [6.45, 7) is 7.56. The van der Waals surface area contributed by atoms with E-state index < -0.39 is 6.43 Å². The summed E-state index contributed by atoms with van der Waals surface area (Å²) < 4.78 is 23.7. The van der Waals surface area contributed by atoms with Crippen molar-refractivity contribution in [3.8, 4) is 0 Å². The van der Waals surface area contributed by atoms with Crippen LogP contribution in [-0.4, -0.2) is 56.0 Å². The number of hydrogen-bond acceptors (Lipinski definition) is 2. The molecule has 1 fully saturated rings. The lowest BCUT2D eigenvalue weighted by Gasteiger charge is -2.31. The van der Waals surface area contributed by atoms with Gasteiger partial charge in [-0.05, 0) is 7.05 Å². The Labute approximate surface area is 85.9 Å². The molecule has 0 aliphatic carbocycles. The number of alkyl halides is 2. The summed E-state index contributed by atoms with van der Waals surface area (Å²) in [7, 11) is 2.01. The van der Waals surface area contributed by atoms with Crippen molar-refractivity contribution in [2.75, 3.05) is 39.8 Å². The molecule has 4 heteroatoms. The van der Waals surface area contributed by atoms with Gasteiger partial charge < -0.3 is 4.90 Å². The third-order valence-electron chi connectivity index (χ3n) is 1.99. The van der Waals surface area contributed by atoms with Gasteiger partial charge in [0.1, 0.15) is 0 Å². The largest absolute Gasteiger partial charge is 0.304 e. The lowest BCUT2D eigenvalue weighted by atomic mass is 10.3. The first-order chi connectivity index (χ1) is 6.60. The van der Waals surface area contributed by atoms with Crippen molar-refractivity contribution in [2.45, 2.75) is 26.7 Å². The molecule has 2 nitrogen and oxygen atoms in total. The highest BCUT2D eigenvalue weighted by atomic mass is 19.3. The predicted octanol–water partition coefficient (Wildman–Crippen LogP) is 1.92. The van der Waals surface area contributed by atoms with Gasteiger partial charge in [-0.25, -0.2) is 8.78 Å². The Balaban J connectivity index is 0.000000500. The minimum absolute atomic E-state index is 0.0617. The molecule has 1 heterocycles. The van der Waals surface area contributed by atoms with Crippen LogP contribution in [0.4, 0.5) is 8.78 Å². The molecule has 14 heavy (non-hydrogen) atoms. The van der Waals surface area contributed by atoms with Crippen LogP contribution < -0.4 is 0 Å². The molecule has 0 saturated carbocycles. The van der Waals surface area contributed by atoms with E-state index in [1.807, 2.05) is 11.9 Å². The van der Waals surface area contributed by atoms with Gasteiger partial charge in [0.2, 0.25) is 0 Å². The van der Waals surface area contributed by atoms with Crippen LogP contribution in [0.15, 0.2) is 0 Å². The van der Waals surface area contributed by atoms with Crippen LogP contribution in [0.1, 0.15) is 20.3 Å². The summed E-state index contributed by atoms with van der Waals surface area (Å²) in [5, 5.41) is 0. The maximum atomic E-state index is 11.9. The van der Waals surface area contributed by atoms with Crippen LogP contribution in [0.5, 0.6) is 0 Å². The van der Waals surface area contributed by atoms with E-state index in [9.17, 15) is 8.78 Å². The molecule has 0 bridgehead atoms. The first kappa shape index (κ1) is 13.8. The zero-order chi connectivity index (χ0) is 11.0. The second-order valence-electron chi connectivity index (χ2n) is 3.70. The average Bonchev–Trinajstić information content (AvgIpc) is 2.09. The zero-order valence-corrected chi connectivity index (χ0v) is 9.47. The third-order valence-corrected chi connectivity index (χ3v) is 1.99. The van der Waals surface area contributed by atoms with Gasteiger partial charge in [-0.3, -0.25) is 4.90 Å². The van der Waals surface area contributed by atoms with Crippen LogP contribution in [0.2, 0.25) is 0 Å². The SMILES string of the molecule is CCC.CN1CCN(CC(F)F)CC1. The van der Waals surface area contributed by atoms with E-state index in [1.54, 1.807) is 0 Å². The maximum Gasteiger partial charge on any atom is 0.251 e. The van der Waals surface area contributed by atoms with Gasteiger partial charge in [-0.1, -0.05) is 20.3 Å². The topological polar surface area (TPSA) is 6.48 Å². The van der Waals surface area contributed by atoms with Gasteiger partial charge in [-0.15, -0.1) is 0 Å². The molecular weight excluding hydrogens is 186 g/mol. The average molecular weight is 208 g/mol. The molecule has 0 aromatic heterocycles. The van der Waals surface area contributed by atoms with Gasteiger partial charge in [-0.2, -0.15) is 0 Å². The molecule has 86 valence electrons. The standard InChI is InChI=1S/C7H14F2N2.C3H8/c1-10-2-4-11(5-3-10)6-7(8)9;1-3-2/h7H,2-6H2,1H3;3H2,1-2H3. The third kappa shape index (κ3) is 7.21. The van der Waals surface area contributed by atoms with E-state index in [2.05, 4.69) is 18.7 Å². The first-order valence-corrected chi connectivity index (χ1v) is 5.29. The highest BCUT2D eigenvalue weighted by molar-refractivity contribution is 4.69. The highest BCUT2D eigenvalue weighted by Crippen LogP contribution is 2.02. The lowest BCUT2D eigenvalue weighted by molar-refractivity contribution is 0.0624. The van der Waals surface area contributed by atoms with Crippen molar-refractivity contribution in [1.29, 1.82) is 0 Å². The van der Waals surface area contributed by atoms with Crippen LogP contribution >= 0.6 is 0 Å². The highest BCUT2D eigenvalue weighted by Gasteiger charge is 2.16. The van der Waals surface area contributed by atoms with Gasteiger partial charge in [0.15, 0.2) is 0 Å². The van der Waals surface area contributed by atoms with Crippen molar-refractivity contribution in [2.24, 2.45) is 0 Å². The fourth-order valence-electron chi connectivity index (χ4n) is 1.23. The minimum Gasteiger partial charge on any atom is -0.304 e. The van der Waals surface area contributed by atoms with E-state index in [0.717, 1.165) is 26.2 Å². The summed E-state index contributed by atoms with van der Waals surface area (Å²) in [6, 6.07) is 0. The van der Waals surface area contributed by atoms with Crippen LogP contribution in [0.3, 0.4) is 0 Å². The van der Waals surface area contributed by atoms with Crippen molar-refractivity contribution >= 4 is 0 Å². The normalized spacial score (nSPS) is 19.3. The molecule has 0 radical (unpaired) electrons. The van der Waals surface area contributed by atoms with E-state index >= 15 is 0 Å². The van der Waals surface area contributed by atoms with Gasteiger partial charge in [0.05, 0.1) is 6.54 Å². The summed E-state index contributed by atoms with van der Waals surface area (Å²) in [5.41, 5.74) is 0. The molecule has 0 N–H and O–H groups in total. The monoisotopic (exact) mass is 208 g/mol. The summed E-state index contributed by atoms with van der Waals surface area (Å²) >= 11 is 0. The van der Waals surface area contributed by atoms with Crippen molar-refractivity contribution in [3.63, 3.8) is 0 Å². The zero-order valence-electron chi connectivity index (χ0n) is 9.47. The number of hydrogen-bond donors (Lipinski definition) is 0. The molecule has 0 unspecified atom stereocenters. The smallest absolute Gasteiger partial charge is 0.251 e. The molecule has 1 saturated heterocycles. The number of rotatable bonds is 2. The molecule has 0 spiro atoms. The Hall–Kier alpha value is -0.220. The molecule has 1 aliphatic rings. The molecule has 1 rings (SSSR count). The Morgan fingerprint density at radius 3 is 1.86 bits per heavy atom. The second-order valence-corrected chi connectivity index (χ2v) is 3.70. The molecule has 0 aromatic carbocycles. The quantitative estimate of drug-likeness (QED) is 0.684. The van der Waals surface area contributed by atoms with Crippen LogP contribution in [-0.2, 0) is 0 Å². The minimum atomic E-state index is -2.18. The Morgan fingerprint density at radius 1 is 1.07 bits per heavy atom. The first-order valence-electron chi connectivity index (χ1n) is 5.29. The van der Waals surface area contributed by atoms with Gasteiger partial charge in [0, 0.05) is 26.2 Å². The molecular formula is C10H22F2N2. The van der Waals surface area contributed by atoms with Crippen molar-refractivity contribution in [1.82, 2.24) is 9.80 Å².